The number of rotatable bonds is 7. The van der Waals surface area contributed by atoms with Gasteiger partial charge in [0.25, 0.3) is 0 Å². The summed E-state index contributed by atoms with van der Waals surface area (Å²) < 4.78 is 0. The van der Waals surface area contributed by atoms with Crippen LogP contribution in [0.5, 0.6) is 0 Å². The van der Waals surface area contributed by atoms with Crippen LogP contribution in [0.2, 0.25) is 0 Å². The summed E-state index contributed by atoms with van der Waals surface area (Å²) in [4.78, 5) is 0. The van der Waals surface area contributed by atoms with Gasteiger partial charge in [-0.25, -0.2) is 0 Å². The zero-order valence-corrected chi connectivity index (χ0v) is 13.4. The molecule has 0 amide bonds. The van der Waals surface area contributed by atoms with E-state index in [1.165, 1.54) is 51.5 Å². The monoisotopic (exact) mass is 253 g/mol. The molecule has 0 radical (unpaired) electrons. The van der Waals surface area contributed by atoms with Crippen molar-refractivity contribution in [1.29, 1.82) is 0 Å². The zero-order valence-electron chi connectivity index (χ0n) is 13.4. The molecule has 0 bridgehead atoms. The average Bonchev–Trinajstić information content (AvgIpc) is 2.77. The third-order valence-electron chi connectivity index (χ3n) is 4.89. The molecule has 1 aliphatic rings. The molecule has 1 N–H and O–H groups in total. The highest BCUT2D eigenvalue weighted by molar-refractivity contribution is 4.80. The molecule has 1 nitrogen and oxygen atoms in total. The quantitative estimate of drug-likeness (QED) is 0.672. The smallest absolute Gasteiger partial charge is 0.00724 e. The lowest BCUT2D eigenvalue weighted by Gasteiger charge is -2.32. The summed E-state index contributed by atoms with van der Waals surface area (Å²) in [6, 6.07) is 0.752. The minimum Gasteiger partial charge on any atom is -0.314 e. The zero-order chi connectivity index (χ0) is 13.6. The SMILES string of the molecule is CCCNC(CC1CCCC1)CC(C)C(C)(C)C. The third-order valence-corrected chi connectivity index (χ3v) is 4.89. The number of nitrogens with one attached hydrogen (secondary N) is 1. The highest BCUT2D eigenvalue weighted by atomic mass is 14.9. The van der Waals surface area contributed by atoms with Gasteiger partial charge in [0.1, 0.15) is 0 Å². The van der Waals surface area contributed by atoms with Gasteiger partial charge in [-0.3, -0.25) is 0 Å². The second-order valence-electron chi connectivity index (χ2n) is 7.54. The van der Waals surface area contributed by atoms with E-state index in [2.05, 4.69) is 39.9 Å². The first-order valence-corrected chi connectivity index (χ1v) is 8.16. The molecule has 0 heterocycles. The minimum atomic E-state index is 0.446. The molecule has 0 saturated heterocycles. The van der Waals surface area contributed by atoms with Gasteiger partial charge in [-0.1, -0.05) is 60.3 Å². The van der Waals surface area contributed by atoms with E-state index in [1.54, 1.807) is 0 Å². The Balaban J connectivity index is 2.43. The lowest BCUT2D eigenvalue weighted by atomic mass is 9.77. The predicted octanol–water partition coefficient (Wildman–Crippen LogP) is 5.01. The lowest BCUT2D eigenvalue weighted by Crippen LogP contribution is -2.35. The molecule has 1 aliphatic carbocycles. The van der Waals surface area contributed by atoms with E-state index in [0.29, 0.717) is 5.41 Å². The Bertz CT molecular complexity index is 210. The van der Waals surface area contributed by atoms with E-state index in [1.807, 2.05) is 0 Å². The molecule has 1 saturated carbocycles. The molecule has 2 unspecified atom stereocenters. The summed E-state index contributed by atoms with van der Waals surface area (Å²) in [5.74, 6) is 1.81. The van der Waals surface area contributed by atoms with Crippen molar-refractivity contribution in [3.63, 3.8) is 0 Å². The fourth-order valence-electron chi connectivity index (χ4n) is 3.04. The maximum atomic E-state index is 3.80. The van der Waals surface area contributed by atoms with Crippen molar-refractivity contribution in [2.45, 2.75) is 85.6 Å². The Morgan fingerprint density at radius 2 is 1.78 bits per heavy atom. The van der Waals surface area contributed by atoms with Gasteiger partial charge < -0.3 is 5.32 Å². The predicted molar refractivity (Wildman–Crippen MR) is 81.9 cm³/mol. The molecule has 0 aliphatic heterocycles. The van der Waals surface area contributed by atoms with Crippen molar-refractivity contribution in [1.82, 2.24) is 5.32 Å². The molecule has 1 heteroatoms. The van der Waals surface area contributed by atoms with Crippen molar-refractivity contribution >= 4 is 0 Å². The minimum absolute atomic E-state index is 0.446. The summed E-state index contributed by atoms with van der Waals surface area (Å²) in [7, 11) is 0. The highest BCUT2D eigenvalue weighted by Crippen LogP contribution is 2.33. The van der Waals surface area contributed by atoms with Crippen LogP contribution >= 0.6 is 0 Å². The van der Waals surface area contributed by atoms with Crippen molar-refractivity contribution in [3.05, 3.63) is 0 Å². The summed E-state index contributed by atoms with van der Waals surface area (Å²) in [6.45, 7) is 13.0. The molecule has 1 rings (SSSR count). The van der Waals surface area contributed by atoms with Crippen LogP contribution in [0.25, 0.3) is 0 Å². The Morgan fingerprint density at radius 1 is 1.17 bits per heavy atom. The molecule has 0 aromatic heterocycles. The standard InChI is InChI=1S/C17H35N/c1-6-11-18-16(12-14(2)17(3,4)5)13-15-9-7-8-10-15/h14-16,18H,6-13H2,1-5H3. The first-order valence-electron chi connectivity index (χ1n) is 8.16. The van der Waals surface area contributed by atoms with Gasteiger partial charge in [-0.2, -0.15) is 0 Å². The van der Waals surface area contributed by atoms with E-state index in [-0.39, 0.29) is 0 Å². The van der Waals surface area contributed by atoms with E-state index in [9.17, 15) is 0 Å². The number of hydrogen-bond acceptors (Lipinski definition) is 1. The molecular weight excluding hydrogens is 218 g/mol. The molecular formula is C17H35N. The van der Waals surface area contributed by atoms with Crippen LogP contribution in [0.4, 0.5) is 0 Å². The molecule has 1 fully saturated rings. The molecule has 0 spiro atoms. The average molecular weight is 253 g/mol. The van der Waals surface area contributed by atoms with E-state index < -0.39 is 0 Å². The maximum absolute atomic E-state index is 3.80. The first kappa shape index (κ1) is 16.0. The topological polar surface area (TPSA) is 12.0 Å². The molecule has 18 heavy (non-hydrogen) atoms. The second kappa shape index (κ2) is 7.53. The fourth-order valence-corrected chi connectivity index (χ4v) is 3.04. The Kier molecular flexibility index (Phi) is 6.70. The van der Waals surface area contributed by atoms with Crippen LogP contribution < -0.4 is 5.32 Å². The Morgan fingerprint density at radius 3 is 2.28 bits per heavy atom. The van der Waals surface area contributed by atoms with Crippen LogP contribution in [0.3, 0.4) is 0 Å². The van der Waals surface area contributed by atoms with Crippen LogP contribution in [0.1, 0.15) is 79.6 Å². The van der Waals surface area contributed by atoms with Gasteiger partial charge in [-0.15, -0.1) is 0 Å². The van der Waals surface area contributed by atoms with E-state index in [4.69, 9.17) is 0 Å². The van der Waals surface area contributed by atoms with Crippen molar-refractivity contribution in [2.75, 3.05) is 6.54 Å². The summed E-state index contributed by atoms with van der Waals surface area (Å²) in [6.07, 6.45) is 9.92. The van der Waals surface area contributed by atoms with Crippen LogP contribution in [-0.2, 0) is 0 Å². The van der Waals surface area contributed by atoms with Crippen LogP contribution in [0.15, 0.2) is 0 Å². The van der Waals surface area contributed by atoms with Crippen molar-refractivity contribution in [2.24, 2.45) is 17.3 Å². The van der Waals surface area contributed by atoms with Gasteiger partial charge in [0, 0.05) is 6.04 Å². The van der Waals surface area contributed by atoms with Gasteiger partial charge in [0.2, 0.25) is 0 Å². The summed E-state index contributed by atoms with van der Waals surface area (Å²) in [5, 5.41) is 3.80. The normalized spacial score (nSPS) is 21.2. The first-order chi connectivity index (χ1) is 8.43. The summed E-state index contributed by atoms with van der Waals surface area (Å²) >= 11 is 0. The van der Waals surface area contributed by atoms with Crippen molar-refractivity contribution < 1.29 is 0 Å². The Labute approximate surface area is 115 Å². The molecule has 0 aromatic rings. The number of hydrogen-bond donors (Lipinski definition) is 1. The molecule has 0 aromatic carbocycles. The van der Waals surface area contributed by atoms with Crippen molar-refractivity contribution in [3.8, 4) is 0 Å². The van der Waals surface area contributed by atoms with Crippen LogP contribution in [-0.4, -0.2) is 12.6 Å². The third kappa shape index (κ3) is 5.73. The second-order valence-corrected chi connectivity index (χ2v) is 7.54. The van der Waals surface area contributed by atoms with Gasteiger partial charge >= 0.3 is 0 Å². The largest absolute Gasteiger partial charge is 0.314 e. The van der Waals surface area contributed by atoms with Gasteiger partial charge in [0.05, 0.1) is 0 Å². The lowest BCUT2D eigenvalue weighted by molar-refractivity contribution is 0.210. The van der Waals surface area contributed by atoms with Crippen LogP contribution in [0, 0.1) is 17.3 Å². The highest BCUT2D eigenvalue weighted by Gasteiger charge is 2.26. The van der Waals surface area contributed by atoms with Gasteiger partial charge in [-0.05, 0) is 43.1 Å². The summed E-state index contributed by atoms with van der Waals surface area (Å²) in [5.41, 5.74) is 0.446. The molecule has 2 atom stereocenters. The van der Waals surface area contributed by atoms with E-state index in [0.717, 1.165) is 17.9 Å². The maximum Gasteiger partial charge on any atom is 0.00724 e. The molecule has 108 valence electrons. The van der Waals surface area contributed by atoms with Gasteiger partial charge in [0.15, 0.2) is 0 Å². The fraction of sp³-hybridized carbons (Fsp3) is 1.00. The van der Waals surface area contributed by atoms with E-state index >= 15 is 0 Å². The Hall–Kier alpha value is -0.0400.